The summed E-state index contributed by atoms with van der Waals surface area (Å²) in [6, 6.07) is 11.8. The number of carbonyl (C=O) groups is 3. The van der Waals surface area contributed by atoms with E-state index in [0.717, 1.165) is 53.6 Å². The molecule has 0 heterocycles. The summed E-state index contributed by atoms with van der Waals surface area (Å²) in [5.41, 5.74) is 3.66. The molecule has 2 unspecified atom stereocenters. The first-order valence-electron chi connectivity index (χ1n) is 13.6. The molecule has 0 aliphatic heterocycles. The smallest absolute Gasteiger partial charge is 0.408 e. The Kier molecular flexibility index (Phi) is 11.4. The third kappa shape index (κ3) is 9.19. The average Bonchev–Trinajstić information content (AvgIpc) is 2.81. The van der Waals surface area contributed by atoms with E-state index in [-0.39, 0.29) is 11.8 Å². The van der Waals surface area contributed by atoms with Crippen LogP contribution in [-0.4, -0.2) is 41.0 Å². The molecule has 2 aromatic carbocycles. The maximum Gasteiger partial charge on any atom is 0.408 e. The quantitative estimate of drug-likeness (QED) is 0.324. The standard InChI is InChI=1S/C31H45N3O4/c1-9-10-11-12-19-34(29(36)24(5)32-30(37)38-31(6,7)8)27(25-18-13-15-21(2)20-25)28(35)33-26-22(3)16-14-17-23(26)4/h13-18,20,24,27H,9-12,19H2,1-8H3,(H,32,37)(H,33,35). The highest BCUT2D eigenvalue weighted by atomic mass is 16.6. The molecule has 2 N–H and O–H groups in total. The minimum Gasteiger partial charge on any atom is -0.444 e. The molecule has 0 fully saturated rings. The zero-order valence-electron chi connectivity index (χ0n) is 24.3. The number of nitrogens with zero attached hydrogens (tertiary/aromatic N) is 1. The molecule has 38 heavy (non-hydrogen) atoms. The van der Waals surface area contributed by atoms with Gasteiger partial charge >= 0.3 is 6.09 Å². The third-order valence-electron chi connectivity index (χ3n) is 6.29. The van der Waals surface area contributed by atoms with Gasteiger partial charge in [-0.15, -0.1) is 0 Å². The van der Waals surface area contributed by atoms with Gasteiger partial charge in [-0.05, 0) is 71.6 Å². The summed E-state index contributed by atoms with van der Waals surface area (Å²) in [6.45, 7) is 15.3. The summed E-state index contributed by atoms with van der Waals surface area (Å²) < 4.78 is 5.36. The number of nitrogens with one attached hydrogen (secondary N) is 2. The molecule has 0 radical (unpaired) electrons. The Morgan fingerprint density at radius 3 is 2.16 bits per heavy atom. The summed E-state index contributed by atoms with van der Waals surface area (Å²) in [6.07, 6.45) is 3.11. The minimum atomic E-state index is -0.878. The fourth-order valence-corrected chi connectivity index (χ4v) is 4.39. The topological polar surface area (TPSA) is 87.7 Å². The van der Waals surface area contributed by atoms with Crippen LogP contribution in [0.4, 0.5) is 10.5 Å². The van der Waals surface area contributed by atoms with Crippen LogP contribution in [-0.2, 0) is 14.3 Å². The van der Waals surface area contributed by atoms with E-state index in [1.165, 1.54) is 0 Å². The number of anilines is 1. The normalized spacial score (nSPS) is 12.8. The van der Waals surface area contributed by atoms with Crippen LogP contribution >= 0.6 is 0 Å². The van der Waals surface area contributed by atoms with E-state index in [4.69, 9.17) is 4.74 Å². The number of carbonyl (C=O) groups excluding carboxylic acids is 3. The van der Waals surface area contributed by atoms with Crippen molar-refractivity contribution in [2.75, 3.05) is 11.9 Å². The van der Waals surface area contributed by atoms with E-state index in [0.29, 0.717) is 6.54 Å². The lowest BCUT2D eigenvalue weighted by molar-refractivity contribution is -0.140. The highest BCUT2D eigenvalue weighted by molar-refractivity contribution is 5.99. The largest absolute Gasteiger partial charge is 0.444 e. The van der Waals surface area contributed by atoms with E-state index in [2.05, 4.69) is 17.6 Å². The second-order valence-corrected chi connectivity index (χ2v) is 11.0. The van der Waals surface area contributed by atoms with E-state index >= 15 is 0 Å². The maximum absolute atomic E-state index is 14.0. The molecule has 0 aromatic heterocycles. The van der Waals surface area contributed by atoms with Crippen molar-refractivity contribution >= 4 is 23.6 Å². The molecule has 7 nitrogen and oxygen atoms in total. The predicted molar refractivity (Wildman–Crippen MR) is 153 cm³/mol. The number of unbranched alkanes of at least 4 members (excludes halogenated alkanes) is 3. The van der Waals surface area contributed by atoms with Crippen LogP contribution in [0.1, 0.15) is 88.6 Å². The van der Waals surface area contributed by atoms with Crippen LogP contribution in [0.2, 0.25) is 0 Å². The monoisotopic (exact) mass is 523 g/mol. The number of hydrogen-bond acceptors (Lipinski definition) is 4. The van der Waals surface area contributed by atoms with Crippen LogP contribution in [0.5, 0.6) is 0 Å². The molecule has 7 heteroatoms. The second-order valence-electron chi connectivity index (χ2n) is 11.0. The molecule has 2 atom stereocenters. The molecule has 2 rings (SSSR count). The molecular formula is C31H45N3O4. The summed E-state index contributed by atoms with van der Waals surface area (Å²) in [5, 5.41) is 5.76. The first kappa shape index (κ1) is 30.9. The van der Waals surface area contributed by atoms with Gasteiger partial charge in [-0.2, -0.15) is 0 Å². The van der Waals surface area contributed by atoms with Crippen LogP contribution < -0.4 is 10.6 Å². The van der Waals surface area contributed by atoms with Crippen molar-refractivity contribution in [3.05, 3.63) is 64.7 Å². The van der Waals surface area contributed by atoms with Gasteiger partial charge in [-0.3, -0.25) is 9.59 Å². The molecule has 0 saturated heterocycles. The Morgan fingerprint density at radius 1 is 0.947 bits per heavy atom. The first-order chi connectivity index (χ1) is 17.8. The summed E-state index contributed by atoms with van der Waals surface area (Å²) >= 11 is 0. The Bertz CT molecular complexity index is 1090. The Labute approximate surface area is 228 Å². The Balaban J connectivity index is 2.47. The number of benzene rings is 2. The highest BCUT2D eigenvalue weighted by Gasteiger charge is 2.35. The van der Waals surface area contributed by atoms with E-state index in [1.54, 1.807) is 32.6 Å². The Hall–Kier alpha value is -3.35. The van der Waals surface area contributed by atoms with Gasteiger partial charge in [0, 0.05) is 12.2 Å². The van der Waals surface area contributed by atoms with Crippen LogP contribution in [0, 0.1) is 20.8 Å². The molecule has 0 aliphatic carbocycles. The second kappa shape index (κ2) is 14.0. The van der Waals surface area contributed by atoms with Crippen LogP contribution in [0.25, 0.3) is 0 Å². The average molecular weight is 524 g/mol. The van der Waals surface area contributed by atoms with Gasteiger partial charge in [-0.25, -0.2) is 4.79 Å². The number of hydrogen-bond donors (Lipinski definition) is 2. The fraction of sp³-hybridized carbons (Fsp3) is 0.516. The van der Waals surface area contributed by atoms with E-state index < -0.39 is 23.8 Å². The molecule has 2 aromatic rings. The minimum absolute atomic E-state index is 0.290. The maximum atomic E-state index is 14.0. The number of aryl methyl sites for hydroxylation is 3. The van der Waals surface area contributed by atoms with Gasteiger partial charge in [0.05, 0.1) is 0 Å². The van der Waals surface area contributed by atoms with Crippen LogP contribution in [0.3, 0.4) is 0 Å². The first-order valence-corrected chi connectivity index (χ1v) is 13.6. The van der Waals surface area contributed by atoms with Crippen molar-refractivity contribution in [2.45, 2.75) is 98.8 Å². The fourth-order valence-electron chi connectivity index (χ4n) is 4.39. The van der Waals surface area contributed by atoms with Crippen molar-refractivity contribution in [3.63, 3.8) is 0 Å². The molecule has 208 valence electrons. The van der Waals surface area contributed by atoms with Crippen LogP contribution in [0.15, 0.2) is 42.5 Å². The van der Waals surface area contributed by atoms with Gasteiger partial charge in [-0.1, -0.05) is 74.2 Å². The van der Waals surface area contributed by atoms with Crippen molar-refractivity contribution in [1.29, 1.82) is 0 Å². The lowest BCUT2D eigenvalue weighted by Gasteiger charge is -2.34. The van der Waals surface area contributed by atoms with Gasteiger partial charge < -0.3 is 20.3 Å². The number of para-hydroxylation sites is 1. The molecule has 3 amide bonds. The zero-order chi connectivity index (χ0) is 28.5. The predicted octanol–water partition coefficient (Wildman–Crippen LogP) is 6.61. The number of amides is 3. The number of ether oxygens (including phenoxy) is 1. The van der Waals surface area contributed by atoms with Crippen molar-refractivity contribution in [2.24, 2.45) is 0 Å². The Morgan fingerprint density at radius 2 is 1.58 bits per heavy atom. The summed E-state index contributed by atoms with van der Waals surface area (Å²) in [5.74, 6) is -0.628. The zero-order valence-corrected chi connectivity index (χ0v) is 24.3. The van der Waals surface area contributed by atoms with Crippen molar-refractivity contribution in [1.82, 2.24) is 10.2 Å². The van der Waals surface area contributed by atoms with E-state index in [1.807, 2.05) is 63.2 Å². The summed E-state index contributed by atoms with van der Waals surface area (Å²) in [4.78, 5) is 41.9. The SMILES string of the molecule is CCCCCCN(C(=O)C(C)NC(=O)OC(C)(C)C)C(C(=O)Nc1c(C)cccc1C)c1cccc(C)c1. The van der Waals surface area contributed by atoms with Gasteiger partial charge in [0.25, 0.3) is 5.91 Å². The van der Waals surface area contributed by atoms with Crippen molar-refractivity contribution in [3.8, 4) is 0 Å². The van der Waals surface area contributed by atoms with Gasteiger partial charge in [0.15, 0.2) is 0 Å². The number of rotatable bonds is 11. The van der Waals surface area contributed by atoms with E-state index in [9.17, 15) is 14.4 Å². The summed E-state index contributed by atoms with van der Waals surface area (Å²) in [7, 11) is 0. The third-order valence-corrected chi connectivity index (χ3v) is 6.29. The molecule has 0 aliphatic rings. The molecular weight excluding hydrogens is 478 g/mol. The van der Waals surface area contributed by atoms with Gasteiger partial charge in [0.2, 0.25) is 5.91 Å². The molecule has 0 spiro atoms. The van der Waals surface area contributed by atoms with Gasteiger partial charge in [0.1, 0.15) is 17.7 Å². The number of alkyl carbamates (subject to hydrolysis) is 1. The lowest BCUT2D eigenvalue weighted by atomic mass is 9.99. The lowest BCUT2D eigenvalue weighted by Crippen LogP contribution is -2.51. The molecule has 0 bridgehead atoms. The highest BCUT2D eigenvalue weighted by Crippen LogP contribution is 2.28. The van der Waals surface area contributed by atoms with Crippen molar-refractivity contribution < 1.29 is 19.1 Å². The molecule has 0 saturated carbocycles.